The average molecular weight is 400 g/mol. The highest BCUT2D eigenvalue weighted by Crippen LogP contribution is 2.33. The van der Waals surface area contributed by atoms with Crippen molar-refractivity contribution in [2.75, 3.05) is 25.1 Å². The summed E-state index contributed by atoms with van der Waals surface area (Å²) in [7, 11) is 0. The van der Waals surface area contributed by atoms with E-state index in [1.807, 2.05) is 78.9 Å². The monoisotopic (exact) mass is 400 g/mol. The number of benzene rings is 3. The van der Waals surface area contributed by atoms with Gasteiger partial charge in [0.1, 0.15) is 30.9 Å². The van der Waals surface area contributed by atoms with Crippen molar-refractivity contribution in [1.29, 1.82) is 0 Å². The van der Waals surface area contributed by atoms with Gasteiger partial charge in [0.2, 0.25) is 0 Å². The van der Waals surface area contributed by atoms with Gasteiger partial charge < -0.3 is 19.7 Å². The minimum absolute atomic E-state index is 0.0168. The minimum Gasteiger partial charge on any atom is -0.490 e. The molecule has 1 aliphatic rings. The van der Waals surface area contributed by atoms with Gasteiger partial charge in [-0.1, -0.05) is 48.5 Å². The zero-order chi connectivity index (χ0) is 20.8. The summed E-state index contributed by atoms with van der Waals surface area (Å²) in [6.45, 7) is 5.12. The maximum atomic E-state index is 13.0. The Labute approximate surface area is 176 Å². The molecule has 152 valence electrons. The molecule has 0 aliphatic carbocycles. The van der Waals surface area contributed by atoms with Crippen LogP contribution < -0.4 is 14.8 Å². The van der Waals surface area contributed by atoms with E-state index < -0.39 is 0 Å². The molecule has 30 heavy (non-hydrogen) atoms. The Morgan fingerprint density at radius 3 is 2.40 bits per heavy atom. The number of carbonyl (C=O) groups is 1. The van der Waals surface area contributed by atoms with E-state index in [2.05, 4.69) is 11.9 Å². The van der Waals surface area contributed by atoms with E-state index in [4.69, 9.17) is 9.47 Å². The van der Waals surface area contributed by atoms with Gasteiger partial charge in [0.05, 0.1) is 5.56 Å². The van der Waals surface area contributed by atoms with Crippen LogP contribution in [0.5, 0.6) is 11.5 Å². The number of carbonyl (C=O) groups excluding carboxylic acids is 1. The van der Waals surface area contributed by atoms with Crippen LogP contribution in [0.4, 0.5) is 5.69 Å². The molecule has 0 aromatic heterocycles. The third-order valence-electron chi connectivity index (χ3n) is 4.89. The fourth-order valence-corrected chi connectivity index (χ4v) is 3.49. The molecule has 0 saturated carbocycles. The molecule has 5 nitrogen and oxygen atoms in total. The Hall–Kier alpha value is -3.73. The fraction of sp³-hybridized carbons (Fsp3) is 0.160. The van der Waals surface area contributed by atoms with Crippen LogP contribution in [0.15, 0.2) is 91.5 Å². The van der Waals surface area contributed by atoms with Gasteiger partial charge in [-0.25, -0.2) is 0 Å². The van der Waals surface area contributed by atoms with Gasteiger partial charge >= 0.3 is 0 Å². The molecule has 4 rings (SSSR count). The number of hydrogen-bond donors (Lipinski definition) is 1. The van der Waals surface area contributed by atoms with Gasteiger partial charge in [0.15, 0.2) is 0 Å². The molecular formula is C25H24N2O3. The molecule has 3 aromatic carbocycles. The number of anilines is 1. The van der Waals surface area contributed by atoms with E-state index in [1.54, 1.807) is 11.0 Å². The van der Waals surface area contributed by atoms with Crippen molar-refractivity contribution in [3.8, 4) is 11.5 Å². The zero-order valence-corrected chi connectivity index (χ0v) is 16.7. The topological polar surface area (TPSA) is 50.8 Å². The van der Waals surface area contributed by atoms with Gasteiger partial charge in [-0.05, 0) is 42.0 Å². The fourth-order valence-electron chi connectivity index (χ4n) is 3.49. The molecule has 0 spiro atoms. The number of nitrogens with one attached hydrogen (secondary N) is 1. The molecule has 1 amide bonds. The molecule has 1 atom stereocenters. The number of ether oxygens (including phenoxy) is 2. The molecule has 3 aromatic rings. The maximum Gasteiger partial charge on any atom is 0.258 e. The van der Waals surface area contributed by atoms with Crippen LogP contribution in [0, 0.1) is 0 Å². The summed E-state index contributed by atoms with van der Waals surface area (Å²) in [5.41, 5.74) is 2.44. The summed E-state index contributed by atoms with van der Waals surface area (Å²) in [4.78, 5) is 14.8. The van der Waals surface area contributed by atoms with E-state index in [1.165, 1.54) is 0 Å². The van der Waals surface area contributed by atoms with Gasteiger partial charge in [-0.2, -0.15) is 0 Å². The van der Waals surface area contributed by atoms with Gasteiger partial charge in [-0.3, -0.25) is 4.79 Å². The molecule has 0 bridgehead atoms. The number of para-hydroxylation sites is 2. The second-order valence-electron chi connectivity index (χ2n) is 6.92. The Bertz CT molecular complexity index is 1020. The maximum absolute atomic E-state index is 13.0. The first kappa shape index (κ1) is 19.6. The van der Waals surface area contributed by atoms with E-state index in [0.29, 0.717) is 25.3 Å². The average Bonchev–Trinajstić information content (AvgIpc) is 2.79. The molecular weight excluding hydrogens is 376 g/mol. The third kappa shape index (κ3) is 4.30. The highest BCUT2D eigenvalue weighted by atomic mass is 16.5. The molecule has 0 fully saturated rings. The predicted molar refractivity (Wildman–Crippen MR) is 118 cm³/mol. The summed E-state index contributed by atoms with van der Waals surface area (Å²) >= 11 is 0. The van der Waals surface area contributed by atoms with Gasteiger partial charge in [0.25, 0.3) is 5.91 Å². The Morgan fingerprint density at radius 2 is 1.60 bits per heavy atom. The largest absolute Gasteiger partial charge is 0.490 e. The Balaban J connectivity index is 1.46. The first-order chi connectivity index (χ1) is 14.8. The highest BCUT2D eigenvalue weighted by Gasteiger charge is 2.32. The number of amides is 1. The number of nitrogens with zero attached hydrogens (tertiary/aromatic N) is 1. The molecule has 1 N–H and O–H groups in total. The van der Waals surface area contributed by atoms with Crippen molar-refractivity contribution in [3.05, 3.63) is 103 Å². The van der Waals surface area contributed by atoms with Crippen molar-refractivity contribution in [1.82, 2.24) is 4.90 Å². The lowest BCUT2D eigenvalue weighted by Crippen LogP contribution is -2.42. The summed E-state index contributed by atoms with van der Waals surface area (Å²) < 4.78 is 11.5. The zero-order valence-electron chi connectivity index (χ0n) is 16.7. The van der Waals surface area contributed by atoms with E-state index >= 15 is 0 Å². The Morgan fingerprint density at radius 1 is 0.900 bits per heavy atom. The number of hydrogen-bond acceptors (Lipinski definition) is 4. The van der Waals surface area contributed by atoms with Crippen LogP contribution >= 0.6 is 0 Å². The van der Waals surface area contributed by atoms with Crippen molar-refractivity contribution in [3.63, 3.8) is 0 Å². The van der Waals surface area contributed by atoms with E-state index in [-0.39, 0.29) is 12.1 Å². The Kier molecular flexibility index (Phi) is 5.99. The minimum atomic E-state index is -0.297. The SMILES string of the molecule is C=CCN1C(=O)c2ccccc2NC1c1cccc(OCCOc2ccccc2)c1. The lowest BCUT2D eigenvalue weighted by Gasteiger charge is -2.37. The lowest BCUT2D eigenvalue weighted by atomic mass is 10.0. The van der Waals surface area contributed by atoms with Crippen molar-refractivity contribution < 1.29 is 14.3 Å². The summed E-state index contributed by atoms with van der Waals surface area (Å²) in [5, 5.41) is 3.47. The standard InChI is InChI=1S/C25H24N2O3/c1-2-15-27-24(26-23-14-7-6-13-22(23)25(27)28)19-9-8-12-21(18-19)30-17-16-29-20-10-4-3-5-11-20/h2-14,18,24,26H,1,15-17H2. The van der Waals surface area contributed by atoms with Crippen LogP contribution in [0.2, 0.25) is 0 Å². The first-order valence-electron chi connectivity index (χ1n) is 9.94. The van der Waals surface area contributed by atoms with Gasteiger partial charge in [0, 0.05) is 12.2 Å². The molecule has 0 saturated heterocycles. The molecule has 0 radical (unpaired) electrons. The van der Waals surface area contributed by atoms with Crippen LogP contribution in [-0.2, 0) is 0 Å². The second kappa shape index (κ2) is 9.18. The molecule has 1 aliphatic heterocycles. The van der Waals surface area contributed by atoms with E-state index in [0.717, 1.165) is 22.7 Å². The quantitative estimate of drug-likeness (QED) is 0.432. The van der Waals surface area contributed by atoms with Crippen LogP contribution in [0.25, 0.3) is 0 Å². The highest BCUT2D eigenvalue weighted by molar-refractivity contribution is 6.01. The lowest BCUT2D eigenvalue weighted by molar-refractivity contribution is 0.0707. The van der Waals surface area contributed by atoms with Crippen LogP contribution in [0.1, 0.15) is 22.1 Å². The first-order valence-corrected chi connectivity index (χ1v) is 9.94. The van der Waals surface area contributed by atoms with E-state index in [9.17, 15) is 4.79 Å². The predicted octanol–water partition coefficient (Wildman–Crippen LogP) is 4.90. The number of rotatable bonds is 8. The third-order valence-corrected chi connectivity index (χ3v) is 4.89. The summed E-state index contributed by atoms with van der Waals surface area (Å²) in [6.07, 6.45) is 1.44. The number of fused-ring (bicyclic) bond motifs is 1. The van der Waals surface area contributed by atoms with Crippen molar-refractivity contribution >= 4 is 11.6 Å². The van der Waals surface area contributed by atoms with Crippen LogP contribution in [0.3, 0.4) is 0 Å². The summed E-state index contributed by atoms with van der Waals surface area (Å²) in [6, 6.07) is 25.0. The smallest absolute Gasteiger partial charge is 0.258 e. The summed E-state index contributed by atoms with van der Waals surface area (Å²) in [5.74, 6) is 1.53. The van der Waals surface area contributed by atoms with Crippen molar-refractivity contribution in [2.45, 2.75) is 6.17 Å². The molecule has 1 unspecified atom stereocenters. The normalized spacial score (nSPS) is 15.1. The second-order valence-corrected chi connectivity index (χ2v) is 6.92. The van der Waals surface area contributed by atoms with Crippen LogP contribution in [-0.4, -0.2) is 30.6 Å². The van der Waals surface area contributed by atoms with Crippen molar-refractivity contribution in [2.24, 2.45) is 0 Å². The van der Waals surface area contributed by atoms with Gasteiger partial charge in [-0.15, -0.1) is 6.58 Å². The molecule has 5 heteroatoms. The molecule has 1 heterocycles.